The molecular weight excluding hydrogens is 294 g/mol. The summed E-state index contributed by atoms with van der Waals surface area (Å²) in [6.07, 6.45) is 0.467. The SMILES string of the molecule is O=C1CCC(C(=O)N2CCS(=O)(=O)c3ccccc32)=NN1. The lowest BCUT2D eigenvalue weighted by Gasteiger charge is -2.29. The van der Waals surface area contributed by atoms with E-state index < -0.39 is 9.84 Å². The maximum absolute atomic E-state index is 12.5. The molecular formula is C13H13N3O4S. The van der Waals surface area contributed by atoms with Crippen molar-refractivity contribution in [2.24, 2.45) is 5.10 Å². The molecule has 0 aliphatic carbocycles. The molecule has 110 valence electrons. The second-order valence-electron chi connectivity index (χ2n) is 4.84. The zero-order valence-corrected chi connectivity index (χ0v) is 11.9. The second kappa shape index (κ2) is 4.96. The fourth-order valence-corrected chi connectivity index (χ4v) is 3.81. The van der Waals surface area contributed by atoms with Crippen LogP contribution in [0.25, 0.3) is 0 Å². The highest BCUT2D eigenvalue weighted by molar-refractivity contribution is 7.91. The molecule has 0 fully saturated rings. The van der Waals surface area contributed by atoms with Crippen LogP contribution in [0.2, 0.25) is 0 Å². The van der Waals surface area contributed by atoms with E-state index in [1.807, 2.05) is 0 Å². The summed E-state index contributed by atoms with van der Waals surface area (Å²) in [6, 6.07) is 6.41. The smallest absolute Gasteiger partial charge is 0.274 e. The van der Waals surface area contributed by atoms with Crippen molar-refractivity contribution in [1.82, 2.24) is 5.43 Å². The van der Waals surface area contributed by atoms with Gasteiger partial charge >= 0.3 is 0 Å². The normalized spacial score (nSPS) is 20.3. The minimum Gasteiger partial charge on any atom is -0.305 e. The molecule has 3 rings (SSSR count). The number of nitrogens with zero attached hydrogens (tertiary/aromatic N) is 2. The van der Waals surface area contributed by atoms with Crippen LogP contribution in [0, 0.1) is 0 Å². The summed E-state index contributed by atoms with van der Waals surface area (Å²) in [5.41, 5.74) is 2.88. The van der Waals surface area contributed by atoms with Crippen LogP contribution in [-0.2, 0) is 19.4 Å². The molecule has 0 saturated heterocycles. The molecule has 8 heteroatoms. The van der Waals surface area contributed by atoms with Gasteiger partial charge in [-0.25, -0.2) is 13.8 Å². The first-order valence-electron chi connectivity index (χ1n) is 6.48. The fourth-order valence-electron chi connectivity index (χ4n) is 2.38. The van der Waals surface area contributed by atoms with Crippen LogP contribution in [0.4, 0.5) is 5.69 Å². The average molecular weight is 307 g/mol. The molecule has 2 heterocycles. The molecule has 2 aliphatic rings. The van der Waals surface area contributed by atoms with Gasteiger partial charge in [-0.05, 0) is 12.1 Å². The third-order valence-corrected chi connectivity index (χ3v) is 5.21. The van der Waals surface area contributed by atoms with Crippen molar-refractivity contribution in [2.45, 2.75) is 17.7 Å². The first-order chi connectivity index (χ1) is 9.99. The summed E-state index contributed by atoms with van der Waals surface area (Å²) in [6.45, 7) is 0.0884. The van der Waals surface area contributed by atoms with E-state index in [0.29, 0.717) is 5.69 Å². The zero-order chi connectivity index (χ0) is 15.0. The Balaban J connectivity index is 1.97. The summed E-state index contributed by atoms with van der Waals surface area (Å²) in [4.78, 5) is 25.1. The molecule has 0 unspecified atom stereocenters. The van der Waals surface area contributed by atoms with Crippen LogP contribution in [-0.4, -0.2) is 38.2 Å². The number of benzene rings is 1. The number of nitrogens with one attached hydrogen (secondary N) is 1. The maximum Gasteiger partial charge on any atom is 0.274 e. The molecule has 0 aromatic heterocycles. The largest absolute Gasteiger partial charge is 0.305 e. The first kappa shape index (κ1) is 13.7. The van der Waals surface area contributed by atoms with E-state index in [-0.39, 0.29) is 47.6 Å². The van der Waals surface area contributed by atoms with Crippen LogP contribution in [0.1, 0.15) is 12.8 Å². The number of sulfone groups is 1. The molecule has 1 N–H and O–H groups in total. The number of amides is 2. The summed E-state index contributed by atoms with van der Waals surface area (Å²) < 4.78 is 24.1. The molecule has 0 radical (unpaired) electrons. The van der Waals surface area contributed by atoms with Crippen molar-refractivity contribution in [1.29, 1.82) is 0 Å². The van der Waals surface area contributed by atoms with Gasteiger partial charge in [-0.1, -0.05) is 12.1 Å². The number of carbonyl (C=O) groups excluding carboxylic acids is 2. The first-order valence-corrected chi connectivity index (χ1v) is 8.13. The van der Waals surface area contributed by atoms with E-state index in [2.05, 4.69) is 10.5 Å². The lowest BCUT2D eigenvalue weighted by atomic mass is 10.1. The van der Waals surface area contributed by atoms with E-state index in [1.54, 1.807) is 18.2 Å². The summed E-state index contributed by atoms with van der Waals surface area (Å²) in [5, 5.41) is 3.77. The van der Waals surface area contributed by atoms with E-state index in [4.69, 9.17) is 0 Å². The molecule has 7 nitrogen and oxygen atoms in total. The van der Waals surface area contributed by atoms with Crippen LogP contribution < -0.4 is 10.3 Å². The number of carbonyl (C=O) groups is 2. The number of fused-ring (bicyclic) bond motifs is 1. The van der Waals surface area contributed by atoms with Crippen molar-refractivity contribution in [3.05, 3.63) is 24.3 Å². The second-order valence-corrected chi connectivity index (χ2v) is 6.91. The number of hydrogen-bond acceptors (Lipinski definition) is 5. The monoisotopic (exact) mass is 307 g/mol. The molecule has 2 amide bonds. The van der Waals surface area contributed by atoms with Gasteiger partial charge in [-0.15, -0.1) is 0 Å². The van der Waals surface area contributed by atoms with Crippen LogP contribution in [0.3, 0.4) is 0 Å². The van der Waals surface area contributed by atoms with Crippen molar-refractivity contribution in [3.63, 3.8) is 0 Å². The minimum atomic E-state index is -3.35. The maximum atomic E-state index is 12.5. The predicted octanol–water partition coefficient (Wildman–Crippen LogP) is 0.0729. The topological polar surface area (TPSA) is 95.9 Å². The Morgan fingerprint density at radius 1 is 1.24 bits per heavy atom. The van der Waals surface area contributed by atoms with Crippen LogP contribution in [0.15, 0.2) is 34.3 Å². The van der Waals surface area contributed by atoms with Gasteiger partial charge in [0.1, 0.15) is 5.71 Å². The van der Waals surface area contributed by atoms with Gasteiger partial charge in [0.15, 0.2) is 9.84 Å². The van der Waals surface area contributed by atoms with Gasteiger partial charge in [0.25, 0.3) is 5.91 Å². The fraction of sp³-hybridized carbons (Fsp3) is 0.308. The summed E-state index contributed by atoms with van der Waals surface area (Å²) in [5.74, 6) is -0.708. The van der Waals surface area contributed by atoms with Crippen molar-refractivity contribution in [2.75, 3.05) is 17.2 Å². The summed E-state index contributed by atoms with van der Waals surface area (Å²) >= 11 is 0. The zero-order valence-electron chi connectivity index (χ0n) is 11.1. The molecule has 1 aromatic carbocycles. The Morgan fingerprint density at radius 2 is 2.00 bits per heavy atom. The quantitative estimate of drug-likeness (QED) is 0.794. The standard InChI is InChI=1S/C13H13N3O4S/c17-12-6-5-9(14-15-12)13(18)16-7-8-21(19,20)11-4-2-1-3-10(11)16/h1-4H,5-8H2,(H,15,17). The van der Waals surface area contributed by atoms with Crippen molar-refractivity contribution in [3.8, 4) is 0 Å². The van der Waals surface area contributed by atoms with Crippen molar-refractivity contribution < 1.29 is 18.0 Å². The lowest BCUT2D eigenvalue weighted by molar-refractivity contribution is -0.121. The molecule has 1 aromatic rings. The van der Waals surface area contributed by atoms with Gasteiger partial charge in [0, 0.05) is 19.4 Å². The molecule has 0 saturated carbocycles. The van der Waals surface area contributed by atoms with Gasteiger partial charge in [0.05, 0.1) is 16.3 Å². The average Bonchev–Trinajstić information content (AvgIpc) is 2.48. The Labute approximate surface area is 121 Å². The number of para-hydroxylation sites is 1. The third-order valence-electron chi connectivity index (χ3n) is 3.47. The van der Waals surface area contributed by atoms with Crippen LogP contribution >= 0.6 is 0 Å². The van der Waals surface area contributed by atoms with E-state index in [1.165, 1.54) is 11.0 Å². The van der Waals surface area contributed by atoms with E-state index >= 15 is 0 Å². The number of hydrazone groups is 1. The molecule has 0 bridgehead atoms. The Kier molecular flexibility index (Phi) is 3.25. The highest BCUT2D eigenvalue weighted by Crippen LogP contribution is 2.30. The van der Waals surface area contributed by atoms with Gasteiger partial charge < -0.3 is 4.90 Å². The molecule has 2 aliphatic heterocycles. The molecule has 0 atom stereocenters. The van der Waals surface area contributed by atoms with Crippen LogP contribution in [0.5, 0.6) is 0 Å². The highest BCUT2D eigenvalue weighted by Gasteiger charge is 2.33. The minimum absolute atomic E-state index is 0.0884. The predicted molar refractivity (Wildman–Crippen MR) is 75.7 cm³/mol. The lowest BCUT2D eigenvalue weighted by Crippen LogP contribution is -2.45. The highest BCUT2D eigenvalue weighted by atomic mass is 32.2. The summed E-state index contributed by atoms with van der Waals surface area (Å²) in [7, 11) is -3.35. The van der Waals surface area contributed by atoms with Gasteiger partial charge in [-0.3, -0.25) is 9.59 Å². The number of hydrogen-bond donors (Lipinski definition) is 1. The molecule has 0 spiro atoms. The number of rotatable bonds is 1. The van der Waals surface area contributed by atoms with Crippen molar-refractivity contribution >= 4 is 33.1 Å². The third kappa shape index (κ3) is 2.42. The van der Waals surface area contributed by atoms with Gasteiger partial charge in [-0.2, -0.15) is 5.10 Å². The van der Waals surface area contributed by atoms with E-state index in [0.717, 1.165) is 0 Å². The van der Waals surface area contributed by atoms with E-state index in [9.17, 15) is 18.0 Å². The van der Waals surface area contributed by atoms with Gasteiger partial charge in [0.2, 0.25) is 5.91 Å². The number of anilines is 1. The Morgan fingerprint density at radius 3 is 2.71 bits per heavy atom. The Bertz CT molecular complexity index is 754. The molecule has 21 heavy (non-hydrogen) atoms. The Hall–Kier alpha value is -2.22.